The molecule has 132 valence electrons. The fourth-order valence-corrected chi connectivity index (χ4v) is 3.19. The van der Waals surface area contributed by atoms with Crippen LogP contribution in [0.15, 0.2) is 54.6 Å². The van der Waals surface area contributed by atoms with Crippen LogP contribution in [-0.2, 0) is 6.42 Å². The van der Waals surface area contributed by atoms with Gasteiger partial charge in [-0.3, -0.25) is 0 Å². The standard InChI is InChI=1S/C20H24FN3O/c21-17-9-6-15(7-10-17)12-16-8-11-19(22-13-16)14-23-20(25)24-18-4-2-1-3-5-18/h1-7,9-10,16,19,22H,8,11-14H2,(H2,23,24,25)/t16-,19-/m1/s1. The maximum Gasteiger partial charge on any atom is 0.319 e. The third kappa shape index (κ3) is 5.57. The summed E-state index contributed by atoms with van der Waals surface area (Å²) in [5.41, 5.74) is 1.96. The van der Waals surface area contributed by atoms with Gasteiger partial charge in [-0.15, -0.1) is 0 Å². The number of para-hydroxylation sites is 1. The van der Waals surface area contributed by atoms with Crippen LogP contribution in [0.3, 0.4) is 0 Å². The first-order valence-corrected chi connectivity index (χ1v) is 8.77. The summed E-state index contributed by atoms with van der Waals surface area (Å²) in [6.07, 6.45) is 3.09. The van der Waals surface area contributed by atoms with Crippen molar-refractivity contribution in [3.63, 3.8) is 0 Å². The molecule has 1 aliphatic heterocycles. The third-order valence-corrected chi connectivity index (χ3v) is 4.60. The minimum absolute atomic E-state index is 0.179. The molecule has 3 rings (SSSR count). The molecule has 0 radical (unpaired) electrons. The number of rotatable bonds is 5. The van der Waals surface area contributed by atoms with Gasteiger partial charge < -0.3 is 16.0 Å². The van der Waals surface area contributed by atoms with Crippen molar-refractivity contribution in [3.05, 3.63) is 66.0 Å². The molecule has 4 nitrogen and oxygen atoms in total. The molecule has 0 unspecified atom stereocenters. The van der Waals surface area contributed by atoms with Gasteiger partial charge in [0.05, 0.1) is 0 Å². The molecule has 2 aromatic carbocycles. The van der Waals surface area contributed by atoms with Crippen molar-refractivity contribution in [1.82, 2.24) is 10.6 Å². The monoisotopic (exact) mass is 341 g/mol. The van der Waals surface area contributed by atoms with E-state index < -0.39 is 0 Å². The zero-order valence-corrected chi connectivity index (χ0v) is 14.2. The molecule has 2 amide bonds. The first-order valence-electron chi connectivity index (χ1n) is 8.77. The molecule has 1 saturated heterocycles. The molecule has 0 spiro atoms. The number of piperidine rings is 1. The van der Waals surface area contributed by atoms with Crippen molar-refractivity contribution >= 4 is 11.7 Å². The molecule has 0 aromatic heterocycles. The number of hydrogen-bond acceptors (Lipinski definition) is 2. The maximum absolute atomic E-state index is 13.0. The highest BCUT2D eigenvalue weighted by atomic mass is 19.1. The first-order chi connectivity index (χ1) is 12.2. The van der Waals surface area contributed by atoms with Gasteiger partial charge in [0.2, 0.25) is 0 Å². The molecule has 5 heteroatoms. The van der Waals surface area contributed by atoms with Crippen LogP contribution in [0.1, 0.15) is 18.4 Å². The van der Waals surface area contributed by atoms with Crippen molar-refractivity contribution in [2.45, 2.75) is 25.3 Å². The number of carbonyl (C=O) groups is 1. The molecule has 1 aliphatic rings. The van der Waals surface area contributed by atoms with E-state index in [4.69, 9.17) is 0 Å². The summed E-state index contributed by atoms with van der Waals surface area (Å²) in [6.45, 7) is 1.53. The Hall–Kier alpha value is -2.40. The van der Waals surface area contributed by atoms with Gasteiger partial charge in [0, 0.05) is 18.3 Å². The second-order valence-electron chi connectivity index (χ2n) is 6.58. The van der Waals surface area contributed by atoms with Gasteiger partial charge in [-0.05, 0) is 61.6 Å². The van der Waals surface area contributed by atoms with Gasteiger partial charge in [-0.2, -0.15) is 0 Å². The lowest BCUT2D eigenvalue weighted by Gasteiger charge is -2.30. The number of urea groups is 1. The number of amides is 2. The number of anilines is 1. The van der Waals surface area contributed by atoms with Crippen molar-refractivity contribution < 1.29 is 9.18 Å². The van der Waals surface area contributed by atoms with Crippen molar-refractivity contribution in [2.24, 2.45) is 5.92 Å². The Morgan fingerprint density at radius 3 is 2.52 bits per heavy atom. The Morgan fingerprint density at radius 1 is 1.08 bits per heavy atom. The Balaban J connectivity index is 1.36. The number of halogens is 1. The predicted octanol–water partition coefficient (Wildman–Crippen LogP) is 3.56. The normalized spacial score (nSPS) is 20.0. The van der Waals surface area contributed by atoms with Crippen LogP contribution < -0.4 is 16.0 Å². The lowest BCUT2D eigenvalue weighted by molar-refractivity contribution is 0.247. The summed E-state index contributed by atoms with van der Waals surface area (Å²) in [7, 11) is 0. The second-order valence-corrected chi connectivity index (χ2v) is 6.58. The summed E-state index contributed by atoms with van der Waals surface area (Å²) in [5.74, 6) is 0.366. The minimum atomic E-state index is -0.189. The fraction of sp³-hybridized carbons (Fsp3) is 0.350. The zero-order chi connectivity index (χ0) is 17.5. The SMILES string of the molecule is O=C(NC[C@H]1CC[C@H](Cc2ccc(F)cc2)CN1)Nc1ccccc1. The highest BCUT2D eigenvalue weighted by molar-refractivity contribution is 5.89. The van der Waals surface area contributed by atoms with E-state index in [9.17, 15) is 9.18 Å². The van der Waals surface area contributed by atoms with Crippen LogP contribution in [0, 0.1) is 11.7 Å². The Bertz CT molecular complexity index is 667. The average Bonchev–Trinajstić information content (AvgIpc) is 2.64. The highest BCUT2D eigenvalue weighted by Gasteiger charge is 2.21. The second kappa shape index (κ2) is 8.62. The molecule has 1 heterocycles. The van der Waals surface area contributed by atoms with E-state index in [-0.39, 0.29) is 11.8 Å². The maximum atomic E-state index is 13.0. The lowest BCUT2D eigenvalue weighted by atomic mass is 9.89. The van der Waals surface area contributed by atoms with Gasteiger partial charge in [-0.25, -0.2) is 9.18 Å². The molecule has 0 bridgehead atoms. The number of benzene rings is 2. The highest BCUT2D eigenvalue weighted by Crippen LogP contribution is 2.19. The molecule has 1 fully saturated rings. The van der Waals surface area contributed by atoms with Gasteiger partial charge >= 0.3 is 6.03 Å². The Kier molecular flexibility index (Phi) is 6.01. The summed E-state index contributed by atoms with van der Waals surface area (Å²) < 4.78 is 13.0. The molecule has 25 heavy (non-hydrogen) atoms. The molecular weight excluding hydrogens is 317 g/mol. The van der Waals surface area contributed by atoms with Gasteiger partial charge in [0.15, 0.2) is 0 Å². The first kappa shape index (κ1) is 17.4. The van der Waals surface area contributed by atoms with Crippen LogP contribution in [0.4, 0.5) is 14.9 Å². The summed E-state index contributed by atoms with van der Waals surface area (Å²) in [6, 6.07) is 16.3. The van der Waals surface area contributed by atoms with Crippen molar-refractivity contribution in [1.29, 1.82) is 0 Å². The number of nitrogens with one attached hydrogen (secondary N) is 3. The van der Waals surface area contributed by atoms with Gasteiger partial charge in [0.1, 0.15) is 5.82 Å². The van der Waals surface area contributed by atoms with E-state index >= 15 is 0 Å². The molecule has 0 aliphatic carbocycles. The average molecular weight is 341 g/mol. The smallest absolute Gasteiger partial charge is 0.319 e. The summed E-state index contributed by atoms with van der Waals surface area (Å²) in [5, 5.41) is 9.24. The van der Waals surface area contributed by atoms with Crippen LogP contribution in [0.25, 0.3) is 0 Å². The Labute approximate surface area is 147 Å². The Morgan fingerprint density at radius 2 is 1.84 bits per heavy atom. The van der Waals surface area contributed by atoms with Crippen LogP contribution in [-0.4, -0.2) is 25.2 Å². The molecule has 2 aromatic rings. The molecule has 0 saturated carbocycles. The largest absolute Gasteiger partial charge is 0.336 e. The molecular formula is C20H24FN3O. The quantitative estimate of drug-likeness (QED) is 0.779. The van der Waals surface area contributed by atoms with Gasteiger partial charge in [-0.1, -0.05) is 30.3 Å². The lowest BCUT2D eigenvalue weighted by Crippen LogP contribution is -2.47. The predicted molar refractivity (Wildman–Crippen MR) is 98.1 cm³/mol. The number of carbonyl (C=O) groups excluding carboxylic acids is 1. The van der Waals surface area contributed by atoms with Gasteiger partial charge in [0.25, 0.3) is 0 Å². The van der Waals surface area contributed by atoms with Crippen LogP contribution in [0.5, 0.6) is 0 Å². The van der Waals surface area contributed by atoms with E-state index in [0.29, 0.717) is 18.5 Å². The van der Waals surface area contributed by atoms with E-state index in [2.05, 4.69) is 16.0 Å². The fourth-order valence-electron chi connectivity index (χ4n) is 3.19. The molecule has 2 atom stereocenters. The summed E-state index contributed by atoms with van der Waals surface area (Å²) in [4.78, 5) is 11.9. The van der Waals surface area contributed by atoms with E-state index in [0.717, 1.165) is 31.5 Å². The van der Waals surface area contributed by atoms with Crippen molar-refractivity contribution in [3.8, 4) is 0 Å². The third-order valence-electron chi connectivity index (χ3n) is 4.60. The zero-order valence-electron chi connectivity index (χ0n) is 14.2. The van der Waals surface area contributed by atoms with Crippen molar-refractivity contribution in [2.75, 3.05) is 18.4 Å². The topological polar surface area (TPSA) is 53.2 Å². The van der Waals surface area contributed by atoms with E-state index in [1.54, 1.807) is 0 Å². The van der Waals surface area contributed by atoms with Crippen LogP contribution >= 0.6 is 0 Å². The van der Waals surface area contributed by atoms with Crippen LogP contribution in [0.2, 0.25) is 0 Å². The summed E-state index contributed by atoms with van der Waals surface area (Å²) >= 11 is 0. The van der Waals surface area contributed by atoms with E-state index in [1.807, 2.05) is 42.5 Å². The minimum Gasteiger partial charge on any atom is -0.336 e. The molecule has 3 N–H and O–H groups in total. The number of hydrogen-bond donors (Lipinski definition) is 3. The van der Waals surface area contributed by atoms with E-state index in [1.165, 1.54) is 17.7 Å².